The van der Waals surface area contributed by atoms with Gasteiger partial charge in [0.2, 0.25) is 5.91 Å². The van der Waals surface area contributed by atoms with E-state index in [0.717, 1.165) is 13.0 Å². The number of amides is 1. The summed E-state index contributed by atoms with van der Waals surface area (Å²) in [7, 11) is 3.39. The van der Waals surface area contributed by atoms with Crippen molar-refractivity contribution in [2.45, 2.75) is 18.9 Å². The maximum atomic E-state index is 11.9. The van der Waals surface area contributed by atoms with Crippen molar-refractivity contribution in [2.24, 2.45) is 0 Å². The van der Waals surface area contributed by atoms with Crippen molar-refractivity contribution in [3.8, 4) is 5.75 Å². The molecule has 7 nitrogen and oxygen atoms in total. The molecule has 0 aliphatic rings. The lowest BCUT2D eigenvalue weighted by atomic mass is 10.2. The number of carbonyl (C=O) groups excluding carboxylic acids is 1. The monoisotopic (exact) mass is 309 g/mol. The molecular weight excluding hydrogens is 286 g/mol. The van der Waals surface area contributed by atoms with Gasteiger partial charge in [-0.1, -0.05) is 0 Å². The van der Waals surface area contributed by atoms with E-state index in [0.29, 0.717) is 18.0 Å². The van der Waals surface area contributed by atoms with Crippen LogP contribution in [0, 0.1) is 0 Å². The number of anilines is 1. The summed E-state index contributed by atoms with van der Waals surface area (Å²) < 4.78 is 5.03. The molecule has 0 aliphatic heterocycles. The third kappa shape index (κ3) is 6.55. The average Bonchev–Trinajstić information content (AvgIpc) is 2.51. The number of aliphatic carboxylic acids is 1. The molecule has 122 valence electrons. The van der Waals surface area contributed by atoms with Crippen LogP contribution in [0.15, 0.2) is 24.3 Å². The molecule has 1 aromatic rings. The lowest BCUT2D eigenvalue weighted by Gasteiger charge is -2.14. The third-order valence-electron chi connectivity index (χ3n) is 3.06. The fourth-order valence-electron chi connectivity index (χ4n) is 1.86. The number of benzene rings is 1. The molecule has 1 rings (SSSR count). The maximum Gasteiger partial charge on any atom is 0.321 e. The highest BCUT2D eigenvalue weighted by Crippen LogP contribution is 2.15. The molecule has 22 heavy (non-hydrogen) atoms. The van der Waals surface area contributed by atoms with Crippen LogP contribution in [-0.4, -0.2) is 50.3 Å². The zero-order valence-electron chi connectivity index (χ0n) is 12.9. The summed E-state index contributed by atoms with van der Waals surface area (Å²) >= 11 is 0. The molecule has 0 saturated heterocycles. The number of carbonyl (C=O) groups is 2. The summed E-state index contributed by atoms with van der Waals surface area (Å²) in [6.07, 6.45) is 0.668. The van der Waals surface area contributed by atoms with Crippen LogP contribution in [0.3, 0.4) is 0 Å². The highest BCUT2D eigenvalue weighted by molar-refractivity contribution is 5.94. The Balaban J connectivity index is 2.46. The second-order valence-electron chi connectivity index (χ2n) is 4.78. The van der Waals surface area contributed by atoms with Gasteiger partial charge in [-0.3, -0.25) is 9.59 Å². The van der Waals surface area contributed by atoms with E-state index >= 15 is 0 Å². The van der Waals surface area contributed by atoms with Crippen LogP contribution < -0.4 is 20.7 Å². The molecule has 0 heterocycles. The first-order valence-corrected chi connectivity index (χ1v) is 7.11. The van der Waals surface area contributed by atoms with Crippen LogP contribution in [0.1, 0.15) is 12.8 Å². The molecule has 1 amide bonds. The molecule has 0 bridgehead atoms. The summed E-state index contributed by atoms with van der Waals surface area (Å²) in [6, 6.07) is 5.95. The molecule has 7 heteroatoms. The molecular formula is C15H23N3O4. The third-order valence-corrected chi connectivity index (χ3v) is 3.06. The second kappa shape index (κ2) is 9.75. The number of ether oxygens (including phenoxy) is 1. The molecule has 1 atom stereocenters. The van der Waals surface area contributed by atoms with E-state index in [1.54, 1.807) is 31.4 Å². The number of methoxy groups -OCH3 is 1. The standard InChI is InChI=1S/C15H23N3O4/c1-16-8-3-9-17-13(15(20)21)10-14(19)18-11-4-6-12(22-2)7-5-11/h4-7,13,16-17H,3,8-10H2,1-2H3,(H,18,19)(H,20,21)/t13-/m0/s1. The highest BCUT2D eigenvalue weighted by Gasteiger charge is 2.20. The van der Waals surface area contributed by atoms with Crippen molar-refractivity contribution in [3.05, 3.63) is 24.3 Å². The topological polar surface area (TPSA) is 99.7 Å². The van der Waals surface area contributed by atoms with Crippen LogP contribution >= 0.6 is 0 Å². The zero-order valence-corrected chi connectivity index (χ0v) is 12.9. The molecule has 0 fully saturated rings. The van der Waals surface area contributed by atoms with Gasteiger partial charge in [-0.05, 0) is 50.8 Å². The number of rotatable bonds is 10. The molecule has 4 N–H and O–H groups in total. The van der Waals surface area contributed by atoms with E-state index in [1.165, 1.54) is 0 Å². The van der Waals surface area contributed by atoms with Gasteiger partial charge in [0.1, 0.15) is 11.8 Å². The lowest BCUT2D eigenvalue weighted by molar-refractivity contribution is -0.141. The lowest BCUT2D eigenvalue weighted by Crippen LogP contribution is -2.40. The quantitative estimate of drug-likeness (QED) is 0.474. The summed E-state index contributed by atoms with van der Waals surface area (Å²) in [5.41, 5.74) is 0.602. The number of hydrogen-bond acceptors (Lipinski definition) is 5. The minimum atomic E-state index is -1.03. The largest absolute Gasteiger partial charge is 0.497 e. The Bertz CT molecular complexity index is 476. The van der Waals surface area contributed by atoms with Gasteiger partial charge < -0.3 is 25.8 Å². The van der Waals surface area contributed by atoms with Gasteiger partial charge in [0.15, 0.2) is 0 Å². The number of carboxylic acids is 1. The first-order chi connectivity index (χ1) is 10.6. The van der Waals surface area contributed by atoms with E-state index in [4.69, 9.17) is 9.84 Å². The van der Waals surface area contributed by atoms with Crippen molar-refractivity contribution in [3.63, 3.8) is 0 Å². The first-order valence-electron chi connectivity index (χ1n) is 7.11. The molecule has 0 saturated carbocycles. The Morgan fingerprint density at radius 1 is 1.23 bits per heavy atom. The predicted octanol–water partition coefficient (Wildman–Crippen LogP) is 0.676. The van der Waals surface area contributed by atoms with Crippen LogP contribution in [0.2, 0.25) is 0 Å². The van der Waals surface area contributed by atoms with Gasteiger partial charge in [-0.15, -0.1) is 0 Å². The minimum Gasteiger partial charge on any atom is -0.497 e. The van der Waals surface area contributed by atoms with Gasteiger partial charge in [-0.25, -0.2) is 0 Å². The van der Waals surface area contributed by atoms with Crippen molar-refractivity contribution in [2.75, 3.05) is 32.6 Å². The zero-order chi connectivity index (χ0) is 16.4. The van der Waals surface area contributed by atoms with E-state index < -0.39 is 12.0 Å². The normalized spacial score (nSPS) is 11.7. The number of nitrogens with one attached hydrogen (secondary N) is 3. The summed E-state index contributed by atoms with van der Waals surface area (Å²) in [4.78, 5) is 23.1. The Kier molecular flexibility index (Phi) is 7.95. The summed E-state index contributed by atoms with van der Waals surface area (Å²) in [6.45, 7) is 1.32. The highest BCUT2D eigenvalue weighted by atomic mass is 16.5. The second-order valence-corrected chi connectivity index (χ2v) is 4.78. The first kappa shape index (κ1) is 17.9. The Labute approximate surface area is 130 Å². The van der Waals surface area contributed by atoms with Crippen LogP contribution in [0.5, 0.6) is 5.75 Å². The Hall–Kier alpha value is -2.12. The van der Waals surface area contributed by atoms with Gasteiger partial charge in [0.25, 0.3) is 0 Å². The van der Waals surface area contributed by atoms with Crippen molar-refractivity contribution < 1.29 is 19.4 Å². The molecule has 0 radical (unpaired) electrons. The van der Waals surface area contributed by atoms with Crippen molar-refractivity contribution >= 4 is 17.6 Å². The molecule has 0 aliphatic carbocycles. The SMILES string of the molecule is CNCCCN[C@@H](CC(=O)Nc1ccc(OC)cc1)C(=O)O. The molecule has 1 aromatic carbocycles. The molecule has 0 spiro atoms. The van der Waals surface area contributed by atoms with Crippen LogP contribution in [0.4, 0.5) is 5.69 Å². The van der Waals surface area contributed by atoms with Gasteiger partial charge in [0, 0.05) is 5.69 Å². The summed E-state index contributed by atoms with van der Waals surface area (Å²) in [5.74, 6) is -0.694. The predicted molar refractivity (Wildman–Crippen MR) is 84.2 cm³/mol. The fraction of sp³-hybridized carbons (Fsp3) is 0.467. The number of carboxylic acid groups (broad SMARTS) is 1. The Morgan fingerprint density at radius 3 is 2.45 bits per heavy atom. The summed E-state index contributed by atoms with van der Waals surface area (Å²) in [5, 5.41) is 17.7. The Morgan fingerprint density at radius 2 is 1.91 bits per heavy atom. The van der Waals surface area contributed by atoms with Crippen LogP contribution in [0.25, 0.3) is 0 Å². The van der Waals surface area contributed by atoms with E-state index in [9.17, 15) is 9.59 Å². The van der Waals surface area contributed by atoms with Gasteiger partial charge >= 0.3 is 5.97 Å². The van der Waals surface area contributed by atoms with E-state index in [-0.39, 0.29) is 12.3 Å². The van der Waals surface area contributed by atoms with Crippen molar-refractivity contribution in [1.29, 1.82) is 0 Å². The smallest absolute Gasteiger partial charge is 0.321 e. The van der Waals surface area contributed by atoms with E-state index in [1.807, 2.05) is 7.05 Å². The van der Waals surface area contributed by atoms with Gasteiger partial charge in [-0.2, -0.15) is 0 Å². The average molecular weight is 309 g/mol. The molecule has 0 unspecified atom stereocenters. The van der Waals surface area contributed by atoms with Crippen molar-refractivity contribution in [1.82, 2.24) is 10.6 Å². The molecule has 0 aromatic heterocycles. The van der Waals surface area contributed by atoms with E-state index in [2.05, 4.69) is 16.0 Å². The minimum absolute atomic E-state index is 0.124. The fourth-order valence-corrected chi connectivity index (χ4v) is 1.86. The maximum absolute atomic E-state index is 11.9. The number of hydrogen-bond donors (Lipinski definition) is 4. The van der Waals surface area contributed by atoms with Gasteiger partial charge in [0.05, 0.1) is 13.5 Å². The van der Waals surface area contributed by atoms with Crippen LogP contribution in [-0.2, 0) is 9.59 Å².